The first-order chi connectivity index (χ1) is 14.3. The molecule has 4 rings (SSSR count). The molecular weight excluding hydrogens is 416 g/mol. The largest absolute Gasteiger partial charge is 0.484 e. The van der Waals surface area contributed by atoms with E-state index in [0.29, 0.717) is 21.7 Å². The van der Waals surface area contributed by atoms with E-state index in [0.717, 1.165) is 12.8 Å². The van der Waals surface area contributed by atoms with Gasteiger partial charge in [0, 0.05) is 17.4 Å². The summed E-state index contributed by atoms with van der Waals surface area (Å²) in [5, 5.41) is 0. The zero-order valence-corrected chi connectivity index (χ0v) is 19.7. The van der Waals surface area contributed by atoms with E-state index in [1.165, 1.54) is 29.9 Å². The third kappa shape index (κ3) is 4.47. The smallest absolute Gasteiger partial charge is 0.276 e. The number of thioether (sulfide) groups is 2. The van der Waals surface area contributed by atoms with Crippen molar-refractivity contribution in [2.24, 2.45) is 17.8 Å². The highest BCUT2D eigenvalue weighted by atomic mass is 32.2. The Morgan fingerprint density at radius 2 is 1.63 bits per heavy atom. The van der Waals surface area contributed by atoms with Crippen LogP contribution in [0.15, 0.2) is 24.3 Å². The maximum Gasteiger partial charge on any atom is 0.276 e. The fourth-order valence-electron chi connectivity index (χ4n) is 5.08. The molecule has 7 heteroatoms. The van der Waals surface area contributed by atoms with Gasteiger partial charge in [-0.1, -0.05) is 32.9 Å². The summed E-state index contributed by atoms with van der Waals surface area (Å²) >= 11 is 4.26. The quantitative estimate of drug-likeness (QED) is 0.678. The molecule has 2 amide bonds. The van der Waals surface area contributed by atoms with Gasteiger partial charge in [0.15, 0.2) is 6.61 Å². The fraction of sp³-hybridized carbons (Fsp3) is 0.652. The van der Waals surface area contributed by atoms with Gasteiger partial charge in [0.1, 0.15) is 5.75 Å². The van der Waals surface area contributed by atoms with Gasteiger partial charge in [-0.05, 0) is 60.6 Å². The average molecular weight is 449 g/mol. The SMILES string of the molecule is CC(C)(C)c1ccc(OCC(=O)NNC(=O)C2C[C@H]3CC[C@@H](C2)C32SCCS2)cc1. The minimum Gasteiger partial charge on any atom is -0.484 e. The van der Waals surface area contributed by atoms with Crippen LogP contribution in [0.4, 0.5) is 0 Å². The Balaban J connectivity index is 1.21. The predicted molar refractivity (Wildman–Crippen MR) is 124 cm³/mol. The van der Waals surface area contributed by atoms with Crippen molar-refractivity contribution in [2.75, 3.05) is 18.1 Å². The van der Waals surface area contributed by atoms with Crippen molar-refractivity contribution >= 4 is 35.3 Å². The van der Waals surface area contributed by atoms with Crippen molar-refractivity contribution in [1.82, 2.24) is 10.9 Å². The summed E-state index contributed by atoms with van der Waals surface area (Å²) in [5.41, 5.74) is 6.45. The molecule has 2 saturated carbocycles. The number of nitrogens with one attached hydrogen (secondary N) is 2. The van der Waals surface area contributed by atoms with Gasteiger partial charge in [0.2, 0.25) is 5.91 Å². The first-order valence-corrected chi connectivity index (χ1v) is 12.8. The van der Waals surface area contributed by atoms with Gasteiger partial charge in [0.05, 0.1) is 4.08 Å². The Kier molecular flexibility index (Phi) is 6.31. The summed E-state index contributed by atoms with van der Waals surface area (Å²) in [6.45, 7) is 6.34. The Morgan fingerprint density at radius 1 is 1.03 bits per heavy atom. The molecule has 2 aliphatic carbocycles. The molecule has 0 radical (unpaired) electrons. The van der Waals surface area contributed by atoms with Gasteiger partial charge >= 0.3 is 0 Å². The second kappa shape index (κ2) is 8.65. The number of carbonyl (C=O) groups is 2. The molecule has 1 aromatic carbocycles. The lowest BCUT2D eigenvalue weighted by atomic mass is 9.79. The number of hydrazine groups is 1. The molecule has 1 heterocycles. The molecule has 3 aliphatic rings. The zero-order valence-electron chi connectivity index (χ0n) is 18.0. The molecular formula is C23H32N2O3S2. The van der Waals surface area contributed by atoms with Gasteiger partial charge in [0.25, 0.3) is 5.91 Å². The molecule has 1 unspecified atom stereocenters. The standard InChI is InChI=1S/C23H32N2O3S2/c1-22(2,3)16-6-8-19(9-7-16)28-14-20(26)24-25-21(27)15-12-17-4-5-18(13-15)23(17)29-10-11-30-23/h6-9,15,17-18H,4-5,10-14H2,1-3H3,(H,24,26)(H,25,27)/t15?,17-,18+. The fourth-order valence-corrected chi connectivity index (χ4v) is 9.02. The Hall–Kier alpha value is -1.34. The van der Waals surface area contributed by atoms with E-state index in [4.69, 9.17) is 4.74 Å². The monoisotopic (exact) mass is 448 g/mol. The van der Waals surface area contributed by atoms with Gasteiger partial charge in [-0.15, -0.1) is 23.5 Å². The van der Waals surface area contributed by atoms with E-state index < -0.39 is 0 Å². The Bertz CT molecular complexity index is 769. The molecule has 3 fully saturated rings. The van der Waals surface area contributed by atoms with Gasteiger partial charge < -0.3 is 4.74 Å². The lowest BCUT2D eigenvalue weighted by molar-refractivity contribution is -0.133. The van der Waals surface area contributed by atoms with E-state index in [-0.39, 0.29) is 29.8 Å². The zero-order chi connectivity index (χ0) is 21.4. The third-order valence-electron chi connectivity index (χ3n) is 6.66. The lowest BCUT2D eigenvalue weighted by Crippen LogP contribution is -2.49. The molecule has 164 valence electrons. The maximum absolute atomic E-state index is 12.7. The normalized spacial score (nSPS) is 27.1. The number of carbonyl (C=O) groups excluding carboxylic acids is 2. The van der Waals surface area contributed by atoms with E-state index >= 15 is 0 Å². The summed E-state index contributed by atoms with van der Waals surface area (Å²) in [5.74, 6) is 3.97. The van der Waals surface area contributed by atoms with Crippen molar-refractivity contribution in [3.63, 3.8) is 0 Å². The van der Waals surface area contributed by atoms with Crippen molar-refractivity contribution in [3.8, 4) is 5.75 Å². The van der Waals surface area contributed by atoms with Gasteiger partial charge in [-0.3, -0.25) is 20.4 Å². The summed E-state index contributed by atoms with van der Waals surface area (Å²) in [7, 11) is 0. The molecule has 1 saturated heterocycles. The lowest BCUT2D eigenvalue weighted by Gasteiger charge is -2.42. The van der Waals surface area contributed by atoms with Crippen LogP contribution in [0.2, 0.25) is 0 Å². The highest BCUT2D eigenvalue weighted by Crippen LogP contribution is 2.65. The van der Waals surface area contributed by atoms with Crippen LogP contribution in [-0.4, -0.2) is 34.0 Å². The first-order valence-electron chi connectivity index (χ1n) is 10.9. The number of amides is 2. The van der Waals surface area contributed by atoms with Crippen LogP contribution < -0.4 is 15.6 Å². The van der Waals surface area contributed by atoms with Crippen LogP contribution in [0.3, 0.4) is 0 Å². The summed E-state index contributed by atoms with van der Waals surface area (Å²) < 4.78 is 5.92. The molecule has 2 bridgehead atoms. The second-order valence-electron chi connectivity index (χ2n) is 9.66. The second-order valence-corrected chi connectivity index (χ2v) is 12.7. The van der Waals surface area contributed by atoms with Crippen LogP contribution in [0.5, 0.6) is 5.75 Å². The van der Waals surface area contributed by atoms with E-state index in [1.54, 1.807) is 0 Å². The Labute approximate surface area is 187 Å². The molecule has 3 atom stereocenters. The first kappa shape index (κ1) is 21.9. The van der Waals surface area contributed by atoms with Crippen LogP contribution in [0.25, 0.3) is 0 Å². The molecule has 2 N–H and O–H groups in total. The van der Waals surface area contributed by atoms with Gasteiger partial charge in [-0.2, -0.15) is 0 Å². The molecule has 5 nitrogen and oxygen atoms in total. The number of benzene rings is 1. The maximum atomic E-state index is 12.7. The molecule has 1 spiro atoms. The summed E-state index contributed by atoms with van der Waals surface area (Å²) in [4.78, 5) is 24.8. The van der Waals surface area contributed by atoms with E-state index in [1.807, 2.05) is 24.3 Å². The van der Waals surface area contributed by atoms with Crippen molar-refractivity contribution in [1.29, 1.82) is 0 Å². The third-order valence-corrected chi connectivity index (χ3v) is 10.7. The average Bonchev–Trinajstić information content (AvgIpc) is 3.25. The van der Waals surface area contributed by atoms with Crippen LogP contribution in [0.1, 0.15) is 52.0 Å². The van der Waals surface area contributed by atoms with Crippen LogP contribution in [-0.2, 0) is 15.0 Å². The van der Waals surface area contributed by atoms with Gasteiger partial charge in [-0.25, -0.2) is 0 Å². The topological polar surface area (TPSA) is 67.4 Å². The number of ether oxygens (including phenoxy) is 1. The van der Waals surface area contributed by atoms with Crippen molar-refractivity contribution in [2.45, 2.75) is 55.9 Å². The van der Waals surface area contributed by atoms with E-state index in [9.17, 15) is 9.59 Å². The minimum atomic E-state index is -0.347. The van der Waals surface area contributed by atoms with Crippen molar-refractivity contribution in [3.05, 3.63) is 29.8 Å². The Morgan fingerprint density at radius 3 is 2.20 bits per heavy atom. The van der Waals surface area contributed by atoms with Crippen LogP contribution >= 0.6 is 23.5 Å². The number of hydrogen-bond donors (Lipinski definition) is 2. The minimum absolute atomic E-state index is 0.00101. The summed E-state index contributed by atoms with van der Waals surface area (Å²) in [6, 6.07) is 7.78. The highest BCUT2D eigenvalue weighted by Gasteiger charge is 2.57. The highest BCUT2D eigenvalue weighted by molar-refractivity contribution is 8.21. The van der Waals surface area contributed by atoms with Crippen LogP contribution in [0, 0.1) is 17.8 Å². The molecule has 1 aliphatic heterocycles. The molecule has 1 aromatic rings. The number of rotatable bonds is 4. The van der Waals surface area contributed by atoms with E-state index in [2.05, 4.69) is 55.1 Å². The number of hydrogen-bond acceptors (Lipinski definition) is 5. The summed E-state index contributed by atoms with van der Waals surface area (Å²) in [6.07, 6.45) is 4.36. The molecule has 30 heavy (non-hydrogen) atoms. The van der Waals surface area contributed by atoms with Crippen molar-refractivity contribution < 1.29 is 14.3 Å². The molecule has 0 aromatic heterocycles. The predicted octanol–water partition coefficient (Wildman–Crippen LogP) is 4.12.